The normalized spacial score (nSPS) is 17.0. The van der Waals surface area contributed by atoms with Crippen LogP contribution < -0.4 is 10.6 Å². The van der Waals surface area contributed by atoms with Crippen LogP contribution in [0.3, 0.4) is 0 Å². The van der Waals surface area contributed by atoms with E-state index in [1.54, 1.807) is 0 Å². The Morgan fingerprint density at radius 3 is 2.78 bits per heavy atom. The van der Waals surface area contributed by atoms with Crippen LogP contribution in [0.4, 0.5) is 0 Å². The van der Waals surface area contributed by atoms with Crippen LogP contribution in [0.1, 0.15) is 58.7 Å². The van der Waals surface area contributed by atoms with Gasteiger partial charge in [-0.15, -0.1) is 10.2 Å². The van der Waals surface area contributed by atoms with Gasteiger partial charge in [0.05, 0.1) is 0 Å². The Morgan fingerprint density at radius 2 is 2.04 bits per heavy atom. The van der Waals surface area contributed by atoms with Crippen molar-refractivity contribution in [2.45, 2.75) is 59.3 Å². The number of nitrogens with one attached hydrogen (secondary N) is 2. The van der Waals surface area contributed by atoms with Gasteiger partial charge in [0.25, 0.3) is 0 Å². The summed E-state index contributed by atoms with van der Waals surface area (Å²) in [6.07, 6.45) is 9.45. The smallest absolute Gasteiger partial charge is 0.191 e. The second kappa shape index (κ2) is 9.20. The van der Waals surface area contributed by atoms with E-state index in [1.165, 1.54) is 32.1 Å². The molecule has 0 bridgehead atoms. The monoisotopic (exact) mass is 370 g/mol. The van der Waals surface area contributed by atoms with Crippen LogP contribution in [0.5, 0.6) is 0 Å². The number of pyridine rings is 1. The summed E-state index contributed by atoms with van der Waals surface area (Å²) in [5.74, 6) is 2.62. The van der Waals surface area contributed by atoms with E-state index in [0.29, 0.717) is 5.41 Å². The number of aliphatic imine (C=N–C) groups is 1. The summed E-state index contributed by atoms with van der Waals surface area (Å²) in [6, 6.07) is 5.97. The van der Waals surface area contributed by atoms with Crippen molar-refractivity contribution < 1.29 is 0 Å². The largest absolute Gasteiger partial charge is 0.357 e. The number of hydrogen-bond donors (Lipinski definition) is 2. The molecule has 0 unspecified atom stereocenters. The maximum atomic E-state index is 4.95. The molecule has 2 heterocycles. The Balaban J connectivity index is 1.58. The highest BCUT2D eigenvalue weighted by atomic mass is 15.2. The van der Waals surface area contributed by atoms with Crippen LogP contribution in [0, 0.1) is 11.3 Å². The summed E-state index contributed by atoms with van der Waals surface area (Å²) in [5.41, 5.74) is 1.30. The van der Waals surface area contributed by atoms with Gasteiger partial charge >= 0.3 is 0 Å². The SMILES string of the molecule is CCNC(=NCC1(CC(C)C)CCCC1)NCCc1nnc2ccccn12. The van der Waals surface area contributed by atoms with Crippen molar-refractivity contribution in [2.75, 3.05) is 19.6 Å². The van der Waals surface area contributed by atoms with Crippen molar-refractivity contribution in [3.63, 3.8) is 0 Å². The molecule has 0 radical (unpaired) electrons. The summed E-state index contributed by atoms with van der Waals surface area (Å²) in [4.78, 5) is 4.95. The molecule has 0 aromatic carbocycles. The predicted octanol–water partition coefficient (Wildman–Crippen LogP) is 3.43. The van der Waals surface area contributed by atoms with Gasteiger partial charge in [0.1, 0.15) is 5.82 Å². The number of guanidine groups is 1. The fourth-order valence-electron chi connectivity index (χ4n) is 4.36. The molecular weight excluding hydrogens is 336 g/mol. The molecule has 2 aromatic heterocycles. The fraction of sp³-hybridized carbons (Fsp3) is 0.667. The third kappa shape index (κ3) is 5.21. The molecule has 2 aromatic rings. The molecule has 6 nitrogen and oxygen atoms in total. The first kappa shape index (κ1) is 19.6. The first-order valence-corrected chi connectivity index (χ1v) is 10.4. The fourth-order valence-corrected chi connectivity index (χ4v) is 4.36. The van der Waals surface area contributed by atoms with Crippen molar-refractivity contribution >= 4 is 11.6 Å². The molecule has 3 rings (SSSR count). The minimum Gasteiger partial charge on any atom is -0.357 e. The Morgan fingerprint density at radius 1 is 1.22 bits per heavy atom. The van der Waals surface area contributed by atoms with Gasteiger partial charge in [-0.1, -0.05) is 32.8 Å². The van der Waals surface area contributed by atoms with Crippen LogP contribution in [0.15, 0.2) is 29.4 Å². The molecule has 0 atom stereocenters. The molecule has 0 aliphatic heterocycles. The highest BCUT2D eigenvalue weighted by molar-refractivity contribution is 5.79. The van der Waals surface area contributed by atoms with E-state index >= 15 is 0 Å². The zero-order valence-corrected chi connectivity index (χ0v) is 17.0. The van der Waals surface area contributed by atoms with Crippen molar-refractivity contribution in [3.05, 3.63) is 30.2 Å². The van der Waals surface area contributed by atoms with E-state index in [2.05, 4.69) is 41.6 Å². The lowest BCUT2D eigenvalue weighted by Gasteiger charge is -2.29. The van der Waals surface area contributed by atoms with E-state index in [0.717, 1.165) is 49.4 Å². The van der Waals surface area contributed by atoms with Gasteiger partial charge < -0.3 is 10.6 Å². The summed E-state index contributed by atoms with van der Waals surface area (Å²) in [7, 11) is 0. The minimum absolute atomic E-state index is 0.403. The Bertz CT molecular complexity index is 742. The van der Waals surface area contributed by atoms with Crippen LogP contribution in [-0.4, -0.2) is 40.2 Å². The summed E-state index contributed by atoms with van der Waals surface area (Å²) >= 11 is 0. The van der Waals surface area contributed by atoms with Gasteiger partial charge in [-0.3, -0.25) is 9.39 Å². The maximum Gasteiger partial charge on any atom is 0.191 e. The zero-order chi connectivity index (χ0) is 19.1. The zero-order valence-electron chi connectivity index (χ0n) is 17.0. The second-order valence-corrected chi connectivity index (χ2v) is 8.22. The number of fused-ring (bicyclic) bond motifs is 1. The van der Waals surface area contributed by atoms with Crippen molar-refractivity contribution in [2.24, 2.45) is 16.3 Å². The standard InChI is InChI=1S/C21H34N6/c1-4-22-20(24-16-21(15-17(2)3)11-6-7-12-21)23-13-10-19-26-25-18-9-5-8-14-27(18)19/h5,8-9,14,17H,4,6-7,10-13,15-16H2,1-3H3,(H2,22,23,24). The molecule has 2 N–H and O–H groups in total. The lowest BCUT2D eigenvalue weighted by Crippen LogP contribution is -2.39. The van der Waals surface area contributed by atoms with Gasteiger partial charge in [0.15, 0.2) is 11.6 Å². The average Bonchev–Trinajstić information content (AvgIpc) is 3.27. The molecule has 0 saturated heterocycles. The topological polar surface area (TPSA) is 66.6 Å². The van der Waals surface area contributed by atoms with Crippen LogP contribution in [-0.2, 0) is 6.42 Å². The third-order valence-corrected chi connectivity index (χ3v) is 5.45. The number of hydrogen-bond acceptors (Lipinski definition) is 3. The number of aromatic nitrogens is 3. The quantitative estimate of drug-likeness (QED) is 0.552. The van der Waals surface area contributed by atoms with Crippen molar-refractivity contribution in [1.29, 1.82) is 0 Å². The molecule has 0 spiro atoms. The predicted molar refractivity (Wildman–Crippen MR) is 111 cm³/mol. The summed E-state index contributed by atoms with van der Waals surface area (Å²) in [5, 5.41) is 15.4. The average molecular weight is 371 g/mol. The Kier molecular flexibility index (Phi) is 6.69. The van der Waals surface area contributed by atoms with Gasteiger partial charge in [-0.05, 0) is 49.7 Å². The lowest BCUT2D eigenvalue weighted by molar-refractivity contribution is 0.245. The van der Waals surface area contributed by atoms with Crippen LogP contribution in [0.25, 0.3) is 5.65 Å². The van der Waals surface area contributed by atoms with Crippen LogP contribution in [0.2, 0.25) is 0 Å². The van der Waals surface area contributed by atoms with E-state index < -0.39 is 0 Å². The highest BCUT2D eigenvalue weighted by Gasteiger charge is 2.34. The Labute approximate surface area is 162 Å². The Hall–Kier alpha value is -2.11. The first-order chi connectivity index (χ1) is 13.1. The first-order valence-electron chi connectivity index (χ1n) is 10.4. The number of nitrogens with zero attached hydrogens (tertiary/aromatic N) is 4. The molecule has 0 amide bonds. The van der Waals surface area contributed by atoms with E-state index in [9.17, 15) is 0 Å². The molecule has 1 saturated carbocycles. The van der Waals surface area contributed by atoms with Crippen molar-refractivity contribution in [1.82, 2.24) is 25.2 Å². The van der Waals surface area contributed by atoms with Crippen molar-refractivity contribution in [3.8, 4) is 0 Å². The molecule has 1 aliphatic rings. The molecule has 148 valence electrons. The maximum absolute atomic E-state index is 4.95. The molecule has 1 aliphatic carbocycles. The van der Waals surface area contributed by atoms with Crippen LogP contribution >= 0.6 is 0 Å². The summed E-state index contributed by atoms with van der Waals surface area (Å²) < 4.78 is 2.04. The van der Waals surface area contributed by atoms with Gasteiger partial charge in [-0.25, -0.2) is 0 Å². The second-order valence-electron chi connectivity index (χ2n) is 8.22. The van der Waals surface area contributed by atoms with E-state index in [4.69, 9.17) is 4.99 Å². The molecule has 27 heavy (non-hydrogen) atoms. The third-order valence-electron chi connectivity index (χ3n) is 5.45. The van der Waals surface area contributed by atoms with E-state index in [-0.39, 0.29) is 0 Å². The van der Waals surface area contributed by atoms with E-state index in [1.807, 2.05) is 28.8 Å². The lowest BCUT2D eigenvalue weighted by atomic mass is 9.78. The van der Waals surface area contributed by atoms with Gasteiger partial charge in [0.2, 0.25) is 0 Å². The van der Waals surface area contributed by atoms with Gasteiger partial charge in [-0.2, -0.15) is 0 Å². The molecular formula is C21H34N6. The molecule has 6 heteroatoms. The minimum atomic E-state index is 0.403. The van der Waals surface area contributed by atoms with Gasteiger partial charge in [0, 0.05) is 32.3 Å². The number of rotatable bonds is 8. The highest BCUT2D eigenvalue weighted by Crippen LogP contribution is 2.43. The molecule has 1 fully saturated rings. The summed E-state index contributed by atoms with van der Waals surface area (Å²) in [6.45, 7) is 9.36.